The summed E-state index contributed by atoms with van der Waals surface area (Å²) in [6.45, 7) is 8.64. The molecule has 0 saturated carbocycles. The molecule has 0 amide bonds. The minimum absolute atomic E-state index is 0.181. The van der Waals surface area contributed by atoms with Crippen molar-refractivity contribution < 1.29 is 0 Å². The van der Waals surface area contributed by atoms with Gasteiger partial charge in [0.25, 0.3) is 0 Å². The molecule has 0 bridgehead atoms. The Kier molecular flexibility index (Phi) is 2.48. The van der Waals surface area contributed by atoms with Gasteiger partial charge in [-0.25, -0.2) is 0 Å². The molecule has 0 aliphatic carbocycles. The molecule has 1 radical (unpaired) electrons. The van der Waals surface area contributed by atoms with E-state index in [2.05, 4.69) is 40.1 Å². The van der Waals surface area contributed by atoms with Crippen LogP contribution in [-0.4, -0.2) is 5.54 Å². The SMILES string of the molecule is [CH2]NC(C)(C)C(C)C. The second-order valence-corrected chi connectivity index (χ2v) is 3.05. The van der Waals surface area contributed by atoms with Crippen molar-refractivity contribution in [2.75, 3.05) is 0 Å². The maximum Gasteiger partial charge on any atom is 0.0148 e. The van der Waals surface area contributed by atoms with E-state index in [-0.39, 0.29) is 5.54 Å². The Hall–Kier alpha value is -0.0400. The molecule has 0 aromatic carbocycles. The van der Waals surface area contributed by atoms with E-state index in [1.165, 1.54) is 0 Å². The van der Waals surface area contributed by atoms with Crippen LogP contribution in [0.4, 0.5) is 0 Å². The summed E-state index contributed by atoms with van der Waals surface area (Å²) in [6.07, 6.45) is 0. The maximum absolute atomic E-state index is 3.63. The minimum Gasteiger partial charge on any atom is -0.310 e. The molecule has 0 aromatic rings. The third-order valence-corrected chi connectivity index (χ3v) is 1.90. The number of rotatable bonds is 2. The summed E-state index contributed by atoms with van der Waals surface area (Å²) in [5.41, 5.74) is 0.181. The Labute approximate surface area is 52.5 Å². The van der Waals surface area contributed by atoms with E-state index in [1.54, 1.807) is 0 Å². The standard InChI is InChI=1S/C7H16N/c1-6(2)7(3,4)8-5/h6,8H,5H2,1-4H3. The first-order chi connectivity index (χ1) is 3.50. The van der Waals surface area contributed by atoms with Crippen LogP contribution in [0.5, 0.6) is 0 Å². The summed E-state index contributed by atoms with van der Waals surface area (Å²) in [6, 6.07) is 0. The number of hydrogen-bond donors (Lipinski definition) is 1. The van der Waals surface area contributed by atoms with Gasteiger partial charge in [0.2, 0.25) is 0 Å². The number of nitrogens with one attached hydrogen (secondary N) is 1. The highest BCUT2D eigenvalue weighted by molar-refractivity contribution is 4.79. The van der Waals surface area contributed by atoms with Crippen molar-refractivity contribution in [3.05, 3.63) is 7.05 Å². The van der Waals surface area contributed by atoms with Gasteiger partial charge in [0.05, 0.1) is 0 Å². The highest BCUT2D eigenvalue weighted by atomic mass is 14.9. The van der Waals surface area contributed by atoms with Crippen molar-refractivity contribution in [1.29, 1.82) is 0 Å². The summed E-state index contributed by atoms with van der Waals surface area (Å²) in [4.78, 5) is 0. The monoisotopic (exact) mass is 114 g/mol. The molecule has 1 nitrogen and oxygen atoms in total. The van der Waals surface area contributed by atoms with Crippen molar-refractivity contribution in [2.45, 2.75) is 33.2 Å². The van der Waals surface area contributed by atoms with Crippen LogP contribution in [0, 0.1) is 13.0 Å². The molecular formula is C7H16N. The molecule has 0 saturated heterocycles. The molecule has 49 valence electrons. The second-order valence-electron chi connectivity index (χ2n) is 3.05. The third-order valence-electron chi connectivity index (χ3n) is 1.90. The average Bonchev–Trinajstić information content (AvgIpc) is 1.67. The van der Waals surface area contributed by atoms with Crippen molar-refractivity contribution in [1.82, 2.24) is 5.32 Å². The number of hydrogen-bond acceptors (Lipinski definition) is 1. The summed E-state index contributed by atoms with van der Waals surface area (Å²) in [5, 5.41) is 2.99. The van der Waals surface area contributed by atoms with E-state index in [0.717, 1.165) is 0 Å². The van der Waals surface area contributed by atoms with Crippen LogP contribution < -0.4 is 5.32 Å². The van der Waals surface area contributed by atoms with Gasteiger partial charge in [-0.1, -0.05) is 13.8 Å². The first kappa shape index (κ1) is 7.96. The van der Waals surface area contributed by atoms with Crippen LogP contribution in [0.2, 0.25) is 0 Å². The van der Waals surface area contributed by atoms with Crippen molar-refractivity contribution >= 4 is 0 Å². The van der Waals surface area contributed by atoms with Crippen LogP contribution in [0.25, 0.3) is 0 Å². The second kappa shape index (κ2) is 2.49. The van der Waals surface area contributed by atoms with E-state index in [9.17, 15) is 0 Å². The Morgan fingerprint density at radius 1 is 1.38 bits per heavy atom. The van der Waals surface area contributed by atoms with Crippen LogP contribution in [0.3, 0.4) is 0 Å². The normalized spacial score (nSPS) is 12.8. The van der Waals surface area contributed by atoms with Crippen molar-refractivity contribution in [3.63, 3.8) is 0 Å². The van der Waals surface area contributed by atoms with Crippen LogP contribution in [-0.2, 0) is 0 Å². The topological polar surface area (TPSA) is 12.0 Å². The van der Waals surface area contributed by atoms with E-state index in [0.29, 0.717) is 5.92 Å². The summed E-state index contributed by atoms with van der Waals surface area (Å²) >= 11 is 0. The average molecular weight is 114 g/mol. The fourth-order valence-corrected chi connectivity index (χ4v) is 0.204. The Morgan fingerprint density at radius 2 is 1.75 bits per heavy atom. The summed E-state index contributed by atoms with van der Waals surface area (Å²) in [5.74, 6) is 0.639. The lowest BCUT2D eigenvalue weighted by atomic mass is 9.91. The van der Waals surface area contributed by atoms with Crippen LogP contribution in [0.1, 0.15) is 27.7 Å². The minimum atomic E-state index is 0.181. The van der Waals surface area contributed by atoms with Gasteiger partial charge in [-0.2, -0.15) is 0 Å². The predicted octanol–water partition coefficient (Wildman–Crippen LogP) is 1.80. The molecule has 0 spiro atoms. The highest BCUT2D eigenvalue weighted by Gasteiger charge is 2.18. The Balaban J connectivity index is 3.71. The van der Waals surface area contributed by atoms with Gasteiger partial charge >= 0.3 is 0 Å². The molecule has 0 aromatic heterocycles. The molecule has 1 N–H and O–H groups in total. The zero-order valence-corrected chi connectivity index (χ0v) is 6.28. The van der Waals surface area contributed by atoms with Gasteiger partial charge in [-0.3, -0.25) is 0 Å². The molecule has 0 aliphatic heterocycles. The maximum atomic E-state index is 3.63. The summed E-state index contributed by atoms with van der Waals surface area (Å²) in [7, 11) is 3.63. The zero-order valence-electron chi connectivity index (χ0n) is 6.28. The lowest BCUT2D eigenvalue weighted by Crippen LogP contribution is -2.39. The predicted molar refractivity (Wildman–Crippen MR) is 37.4 cm³/mol. The Bertz CT molecular complexity index is 64.8. The highest BCUT2D eigenvalue weighted by Crippen LogP contribution is 2.13. The largest absolute Gasteiger partial charge is 0.310 e. The molecular weight excluding hydrogens is 98.1 g/mol. The third kappa shape index (κ3) is 1.83. The van der Waals surface area contributed by atoms with E-state index in [1.807, 2.05) is 0 Å². The van der Waals surface area contributed by atoms with Crippen molar-refractivity contribution in [3.8, 4) is 0 Å². The first-order valence-electron chi connectivity index (χ1n) is 3.05. The zero-order chi connectivity index (χ0) is 6.78. The quantitative estimate of drug-likeness (QED) is 0.577. The molecule has 0 aliphatic rings. The summed E-state index contributed by atoms with van der Waals surface area (Å²) < 4.78 is 0. The molecule has 0 atom stereocenters. The molecule has 8 heavy (non-hydrogen) atoms. The van der Waals surface area contributed by atoms with Crippen LogP contribution >= 0.6 is 0 Å². The molecule has 0 fully saturated rings. The van der Waals surface area contributed by atoms with Gasteiger partial charge in [-0.05, 0) is 19.8 Å². The molecule has 1 heteroatoms. The van der Waals surface area contributed by atoms with Crippen LogP contribution in [0.15, 0.2) is 0 Å². The van der Waals surface area contributed by atoms with Gasteiger partial charge < -0.3 is 5.32 Å². The van der Waals surface area contributed by atoms with Gasteiger partial charge in [0, 0.05) is 12.6 Å². The van der Waals surface area contributed by atoms with Gasteiger partial charge in [0.15, 0.2) is 0 Å². The van der Waals surface area contributed by atoms with Gasteiger partial charge in [-0.15, -0.1) is 0 Å². The van der Waals surface area contributed by atoms with Gasteiger partial charge in [0.1, 0.15) is 0 Å². The van der Waals surface area contributed by atoms with E-state index in [4.69, 9.17) is 0 Å². The molecule has 0 unspecified atom stereocenters. The molecule has 0 heterocycles. The lowest BCUT2D eigenvalue weighted by molar-refractivity contribution is 0.320. The smallest absolute Gasteiger partial charge is 0.0148 e. The molecule has 0 rings (SSSR count). The van der Waals surface area contributed by atoms with E-state index < -0.39 is 0 Å². The van der Waals surface area contributed by atoms with E-state index >= 15 is 0 Å². The fraction of sp³-hybridized carbons (Fsp3) is 0.857. The van der Waals surface area contributed by atoms with Crippen molar-refractivity contribution in [2.24, 2.45) is 5.92 Å². The Morgan fingerprint density at radius 3 is 1.75 bits per heavy atom. The first-order valence-corrected chi connectivity index (χ1v) is 3.05. The lowest BCUT2D eigenvalue weighted by Gasteiger charge is -2.28. The fourth-order valence-electron chi connectivity index (χ4n) is 0.204.